The molecule has 2 unspecified atom stereocenters. The zero-order chi connectivity index (χ0) is 32.7. The number of aromatic nitrogens is 2. The lowest BCUT2D eigenvalue weighted by Crippen LogP contribution is -2.57. The number of piperidine rings is 1. The van der Waals surface area contributed by atoms with E-state index in [9.17, 15) is 27.6 Å². The molecule has 1 aromatic carbocycles. The van der Waals surface area contributed by atoms with Crippen LogP contribution in [0.4, 0.5) is 19.0 Å². The number of ether oxygens (including phenoxy) is 1. The maximum atomic E-state index is 14.4. The van der Waals surface area contributed by atoms with E-state index in [1.165, 1.54) is 12.1 Å². The second kappa shape index (κ2) is 12.7. The molecule has 2 aliphatic carbocycles. The standard InChI is InChI=1S/C32H38F3N5O4.CHN.3H2/c1-2-38-29-25(27(31(43)39-13-10-19-17-23(19)39)37-40(29)22-11-14-44-15-12-22)24(18-6-3-4-7-18)26(30(38)42)36-28(41)20-8-5-9-21(16-20)32(33,34)35;1-2;;;/h5,8-9,16,18-19,22-24,26H,2-4,6-7,10-15,17H2,1H3,(H,36,41);1H;3*1H/t19?,23?,24-,26-;;;;/m0..../s1. The molecule has 0 radical (unpaired) electrons. The summed E-state index contributed by atoms with van der Waals surface area (Å²) in [4.78, 5) is 45.8. The highest BCUT2D eigenvalue weighted by molar-refractivity contribution is 6.07. The lowest BCUT2D eigenvalue weighted by atomic mass is 9.76. The molecule has 1 N–H and O–H groups in total. The number of amides is 3. The third-order valence-electron chi connectivity index (χ3n) is 10.4. The van der Waals surface area contributed by atoms with Gasteiger partial charge in [0.05, 0.1) is 11.6 Å². The maximum Gasteiger partial charge on any atom is 0.416 e. The summed E-state index contributed by atoms with van der Waals surface area (Å²) < 4.78 is 47.9. The number of alkyl halides is 3. The third-order valence-corrected chi connectivity index (χ3v) is 10.4. The van der Waals surface area contributed by atoms with Gasteiger partial charge in [-0.25, -0.2) is 9.94 Å². The highest BCUT2D eigenvalue weighted by Crippen LogP contribution is 2.50. The lowest BCUT2D eigenvalue weighted by molar-refractivity contribution is -0.137. The number of nitriles is 1. The van der Waals surface area contributed by atoms with Crippen LogP contribution in [-0.4, -0.2) is 70.8 Å². The van der Waals surface area contributed by atoms with Crippen LogP contribution in [0.1, 0.15) is 107 Å². The number of halogens is 3. The molecule has 2 saturated heterocycles. The van der Waals surface area contributed by atoms with Crippen molar-refractivity contribution in [1.82, 2.24) is 20.0 Å². The van der Waals surface area contributed by atoms with Gasteiger partial charge in [0, 0.05) is 60.2 Å². The van der Waals surface area contributed by atoms with Crippen LogP contribution in [0.3, 0.4) is 0 Å². The molecule has 0 spiro atoms. The normalized spacial score (nSPS) is 26.3. The van der Waals surface area contributed by atoms with E-state index in [-0.39, 0.29) is 46.2 Å². The Balaban J connectivity index is 0.00000128. The predicted octanol–water partition coefficient (Wildman–Crippen LogP) is 5.80. The molecule has 1 aromatic heterocycles. The summed E-state index contributed by atoms with van der Waals surface area (Å²) in [6.07, 6.45) is 2.33. The monoisotopic (exact) mass is 646 g/mol. The van der Waals surface area contributed by atoms with E-state index in [1.54, 1.807) is 4.90 Å². The van der Waals surface area contributed by atoms with Crippen molar-refractivity contribution < 1.29 is 36.6 Å². The Morgan fingerprint density at radius 3 is 2.43 bits per heavy atom. The van der Waals surface area contributed by atoms with Crippen molar-refractivity contribution in [3.8, 4) is 6.57 Å². The number of hydrogen-bond acceptors (Lipinski definition) is 6. The number of rotatable bonds is 6. The largest absolute Gasteiger partial charge is 0.416 e. The zero-order valence-electron chi connectivity index (χ0n) is 25.8. The van der Waals surface area contributed by atoms with Gasteiger partial charge in [0.1, 0.15) is 11.9 Å². The summed E-state index contributed by atoms with van der Waals surface area (Å²) in [5.74, 6) is -0.562. The first-order chi connectivity index (χ1) is 22.2. The van der Waals surface area contributed by atoms with Crippen molar-refractivity contribution in [2.75, 3.05) is 31.2 Å². The Kier molecular flexibility index (Phi) is 8.85. The minimum atomic E-state index is -4.61. The van der Waals surface area contributed by atoms with E-state index in [1.807, 2.05) is 16.5 Å². The van der Waals surface area contributed by atoms with Crippen molar-refractivity contribution in [3.05, 3.63) is 46.6 Å². The molecule has 252 valence electrons. The van der Waals surface area contributed by atoms with Crippen molar-refractivity contribution in [3.63, 3.8) is 0 Å². The minimum Gasteiger partial charge on any atom is -0.381 e. The number of carbonyl (C=O) groups is 3. The summed E-state index contributed by atoms with van der Waals surface area (Å²) in [7, 11) is 0. The number of nitrogens with zero attached hydrogens (tertiary/aromatic N) is 5. The molecule has 4 fully saturated rings. The molecular formula is C33H45F3N6O4. The first-order valence-electron chi connectivity index (χ1n) is 16.2. The van der Waals surface area contributed by atoms with Crippen molar-refractivity contribution >= 4 is 23.5 Å². The summed E-state index contributed by atoms with van der Waals surface area (Å²) in [5, 5.41) is 14.4. The van der Waals surface area contributed by atoms with Gasteiger partial charge in [-0.2, -0.15) is 18.3 Å². The van der Waals surface area contributed by atoms with Gasteiger partial charge in [-0.15, -0.1) is 0 Å². The van der Waals surface area contributed by atoms with E-state index >= 15 is 0 Å². The highest BCUT2D eigenvalue weighted by atomic mass is 19.4. The van der Waals surface area contributed by atoms with Crippen molar-refractivity contribution in [2.24, 2.45) is 11.8 Å². The van der Waals surface area contributed by atoms with Crippen LogP contribution in [0, 0.1) is 23.7 Å². The van der Waals surface area contributed by atoms with Gasteiger partial charge < -0.3 is 15.0 Å². The SMILES string of the molecule is C#N.CCN1C(=O)[C@@H](NC(=O)c2cccc(C(F)(F)F)c2)[C@@H](C2CCCC2)c2c(C(=O)N3CCC4CC43)nn(C3CCOCC3)c21.[HH].[HH].[HH]. The van der Waals surface area contributed by atoms with E-state index in [4.69, 9.17) is 15.1 Å². The fourth-order valence-electron chi connectivity index (χ4n) is 8.07. The molecule has 5 aliphatic rings. The van der Waals surface area contributed by atoms with Crippen LogP contribution in [0.15, 0.2) is 24.3 Å². The first kappa shape index (κ1) is 32.0. The average molecular weight is 647 g/mol. The number of likely N-dealkylation sites (tertiary alicyclic amines) is 1. The molecule has 7 rings (SSSR count). The summed E-state index contributed by atoms with van der Waals surface area (Å²) in [6, 6.07) is 3.38. The van der Waals surface area contributed by atoms with E-state index < -0.39 is 29.6 Å². The van der Waals surface area contributed by atoms with Crippen LogP contribution >= 0.6 is 0 Å². The molecule has 4 atom stereocenters. The number of nitrogens with one attached hydrogen (secondary N) is 1. The van der Waals surface area contributed by atoms with Crippen molar-refractivity contribution in [2.45, 2.75) is 88.5 Å². The van der Waals surface area contributed by atoms with Crippen LogP contribution in [0.25, 0.3) is 0 Å². The zero-order valence-corrected chi connectivity index (χ0v) is 25.8. The number of fused-ring (bicyclic) bond motifs is 2. The summed E-state index contributed by atoms with van der Waals surface area (Å²) in [6.45, 7) is 7.42. The fourth-order valence-corrected chi connectivity index (χ4v) is 8.07. The molecule has 13 heteroatoms. The Labute approximate surface area is 270 Å². The number of benzene rings is 1. The Morgan fingerprint density at radius 1 is 1.11 bits per heavy atom. The van der Waals surface area contributed by atoms with Crippen molar-refractivity contribution in [1.29, 1.82) is 5.26 Å². The molecule has 0 bridgehead atoms. The van der Waals surface area contributed by atoms with E-state index in [0.717, 1.165) is 50.7 Å². The first-order valence-corrected chi connectivity index (χ1v) is 16.2. The van der Waals surface area contributed by atoms with Gasteiger partial charge in [0.2, 0.25) is 0 Å². The number of carbonyl (C=O) groups excluding carboxylic acids is 3. The minimum absolute atomic E-state index is 0. The Bertz CT molecular complexity index is 1530. The quantitative estimate of drug-likeness (QED) is 0.423. The van der Waals surface area contributed by atoms with Crippen LogP contribution in [-0.2, 0) is 15.7 Å². The molecule has 3 amide bonds. The predicted molar refractivity (Wildman–Crippen MR) is 167 cm³/mol. The van der Waals surface area contributed by atoms with Gasteiger partial charge in [0.15, 0.2) is 5.69 Å². The van der Waals surface area contributed by atoms with Gasteiger partial charge in [0.25, 0.3) is 17.7 Å². The number of anilines is 1. The van der Waals surface area contributed by atoms with Crippen LogP contribution < -0.4 is 10.2 Å². The molecule has 10 nitrogen and oxygen atoms in total. The topological polar surface area (TPSA) is 121 Å². The van der Waals surface area contributed by atoms with Gasteiger partial charge in [-0.3, -0.25) is 19.3 Å². The molecule has 2 saturated carbocycles. The number of hydrogen-bond donors (Lipinski definition) is 1. The fraction of sp³-hybridized carbons (Fsp3) is 0.606. The average Bonchev–Trinajstić information content (AvgIpc) is 3.40. The van der Waals surface area contributed by atoms with Gasteiger partial charge in [-0.05, 0) is 75.5 Å². The van der Waals surface area contributed by atoms with E-state index in [2.05, 4.69) is 11.9 Å². The lowest BCUT2D eigenvalue weighted by Gasteiger charge is -2.41. The van der Waals surface area contributed by atoms with Gasteiger partial charge >= 0.3 is 6.18 Å². The van der Waals surface area contributed by atoms with Gasteiger partial charge in [-0.1, -0.05) is 18.9 Å². The van der Waals surface area contributed by atoms with E-state index in [0.29, 0.717) is 55.6 Å². The number of likely N-dealkylation sites (N-methyl/N-ethyl adjacent to an activating group) is 1. The summed E-state index contributed by atoms with van der Waals surface area (Å²) in [5.41, 5.74) is -0.0503. The van der Waals surface area contributed by atoms with Crippen LogP contribution in [0.5, 0.6) is 0 Å². The maximum absolute atomic E-state index is 14.4. The summed E-state index contributed by atoms with van der Waals surface area (Å²) >= 11 is 0. The molecule has 4 heterocycles. The van der Waals surface area contributed by atoms with Crippen LogP contribution in [0.2, 0.25) is 0 Å². The molecular weight excluding hydrogens is 601 g/mol. The second-order valence-electron chi connectivity index (χ2n) is 12.9. The Morgan fingerprint density at radius 2 is 1.83 bits per heavy atom. The molecule has 3 aliphatic heterocycles. The Hall–Kier alpha value is -3.92. The third kappa shape index (κ3) is 5.65. The second-order valence-corrected chi connectivity index (χ2v) is 12.9. The highest BCUT2D eigenvalue weighted by Gasteiger charge is 2.53. The molecule has 2 aromatic rings. The smallest absolute Gasteiger partial charge is 0.381 e. The molecule has 46 heavy (non-hydrogen) atoms.